The predicted molar refractivity (Wildman–Crippen MR) is 157 cm³/mol. The molecule has 9 heteroatoms. The predicted octanol–water partition coefficient (Wildman–Crippen LogP) is 5.86. The topological polar surface area (TPSA) is 66.9 Å². The number of hydrogen-bond donors (Lipinski definition) is 1. The summed E-state index contributed by atoms with van der Waals surface area (Å²) in [5, 5.41) is 4.00. The van der Waals surface area contributed by atoms with Gasteiger partial charge in [-0.3, -0.25) is 4.79 Å². The number of likely N-dealkylation sites (tertiary alicyclic amines) is 1. The molecular weight excluding hydrogens is 543 g/mol. The van der Waals surface area contributed by atoms with E-state index in [-0.39, 0.29) is 23.7 Å². The van der Waals surface area contributed by atoms with E-state index in [2.05, 4.69) is 26.2 Å². The number of pyridine rings is 1. The summed E-state index contributed by atoms with van der Waals surface area (Å²) in [6.45, 7) is 4.29. The van der Waals surface area contributed by atoms with E-state index in [0.717, 1.165) is 62.6 Å². The third-order valence-electron chi connectivity index (χ3n) is 7.95. The van der Waals surface area contributed by atoms with E-state index < -0.39 is 0 Å². The van der Waals surface area contributed by atoms with Crippen molar-refractivity contribution < 1.29 is 18.7 Å². The van der Waals surface area contributed by atoms with Crippen LogP contribution >= 0.6 is 11.6 Å². The number of halogens is 2. The first-order valence-corrected chi connectivity index (χ1v) is 15.0. The Kier molecular flexibility index (Phi) is 8.58. The highest BCUT2D eigenvalue weighted by atomic mass is 35.5. The Labute approximate surface area is 245 Å². The van der Waals surface area contributed by atoms with Gasteiger partial charge >= 0.3 is 0 Å². The first kappa shape index (κ1) is 27.8. The average molecular weight is 579 g/mol. The van der Waals surface area contributed by atoms with Gasteiger partial charge in [-0.05, 0) is 99.6 Å². The molecule has 2 atom stereocenters. The van der Waals surface area contributed by atoms with Crippen molar-refractivity contribution in [1.82, 2.24) is 15.2 Å². The van der Waals surface area contributed by atoms with Crippen molar-refractivity contribution in [2.24, 2.45) is 5.92 Å². The van der Waals surface area contributed by atoms with Gasteiger partial charge in [0, 0.05) is 31.7 Å². The van der Waals surface area contributed by atoms with Gasteiger partial charge in [0.05, 0.1) is 17.0 Å². The third-order valence-corrected chi connectivity index (χ3v) is 8.24. The lowest BCUT2D eigenvalue weighted by Crippen LogP contribution is -2.46. The maximum absolute atomic E-state index is 13.5. The van der Waals surface area contributed by atoms with Gasteiger partial charge < -0.3 is 24.6 Å². The number of aromatic nitrogens is 1. The molecule has 1 aromatic heterocycles. The molecule has 3 aromatic rings. The summed E-state index contributed by atoms with van der Waals surface area (Å²) < 4.78 is 24.9. The summed E-state index contributed by atoms with van der Waals surface area (Å²) in [5.74, 6) is 2.09. The smallest absolute Gasteiger partial charge is 0.225 e. The van der Waals surface area contributed by atoms with Gasteiger partial charge in [-0.2, -0.15) is 4.98 Å². The van der Waals surface area contributed by atoms with Crippen molar-refractivity contribution in [2.75, 3.05) is 37.6 Å². The van der Waals surface area contributed by atoms with Crippen LogP contribution in [0, 0.1) is 11.7 Å². The maximum atomic E-state index is 13.5. The highest BCUT2D eigenvalue weighted by Gasteiger charge is 2.31. The molecule has 2 saturated heterocycles. The molecule has 41 heavy (non-hydrogen) atoms. The number of hydrogen-bond acceptors (Lipinski definition) is 6. The molecule has 0 spiro atoms. The van der Waals surface area contributed by atoms with Crippen molar-refractivity contribution >= 4 is 23.3 Å². The molecule has 1 amide bonds. The minimum atomic E-state index is -0.316. The van der Waals surface area contributed by atoms with Crippen molar-refractivity contribution in [2.45, 2.75) is 50.7 Å². The lowest BCUT2D eigenvalue weighted by Gasteiger charge is -2.26. The molecule has 2 unspecified atom stereocenters. The zero-order chi connectivity index (χ0) is 28.2. The number of carbonyl (C=O) groups is 1. The number of nitrogens with zero attached hydrogens (tertiary/aromatic N) is 3. The Morgan fingerprint density at radius 1 is 1.05 bits per heavy atom. The lowest BCUT2D eigenvalue weighted by molar-refractivity contribution is -0.125. The Morgan fingerprint density at radius 2 is 1.85 bits per heavy atom. The summed E-state index contributed by atoms with van der Waals surface area (Å²) in [5.41, 5.74) is 1.10. The lowest BCUT2D eigenvalue weighted by atomic mass is 10.0. The second kappa shape index (κ2) is 12.7. The normalized spacial score (nSPS) is 19.8. The van der Waals surface area contributed by atoms with E-state index in [1.165, 1.54) is 25.0 Å². The molecule has 3 heterocycles. The Bertz CT molecular complexity index is 1350. The minimum Gasteiger partial charge on any atom is -0.489 e. The second-order valence-corrected chi connectivity index (χ2v) is 11.7. The monoisotopic (exact) mass is 578 g/mol. The van der Waals surface area contributed by atoms with Gasteiger partial charge in [0.2, 0.25) is 11.8 Å². The average Bonchev–Trinajstić information content (AvgIpc) is 3.40. The van der Waals surface area contributed by atoms with Gasteiger partial charge in [-0.15, -0.1) is 0 Å². The Balaban J connectivity index is 1.08. The van der Waals surface area contributed by atoms with Crippen LogP contribution < -0.4 is 19.7 Å². The molecule has 216 valence electrons. The summed E-state index contributed by atoms with van der Waals surface area (Å²) >= 11 is 6.54. The number of rotatable bonds is 11. The maximum Gasteiger partial charge on any atom is 0.225 e. The molecular formula is C32H36ClFN4O3. The van der Waals surface area contributed by atoms with Crippen molar-refractivity contribution in [3.8, 4) is 17.4 Å². The first-order chi connectivity index (χ1) is 20.0. The van der Waals surface area contributed by atoms with Gasteiger partial charge in [-0.1, -0.05) is 23.7 Å². The standard InChI is InChI=1S/C32H36ClFN4O3/c33-28-19-22(6-13-29(28)40-26-11-12-26)18-25(21-37-15-1-2-16-37)35-32(39)23-14-17-38(20-23)30-4-3-5-31(36-30)41-27-9-7-24(34)8-10-27/h3-10,13,19,23,25-26H,1-2,11-12,14-18,20-21H2,(H,35,39). The third kappa shape index (κ3) is 7.49. The van der Waals surface area contributed by atoms with Crippen LogP contribution in [0.25, 0.3) is 0 Å². The van der Waals surface area contributed by atoms with E-state index in [1.807, 2.05) is 24.3 Å². The van der Waals surface area contributed by atoms with Crippen LogP contribution in [0.2, 0.25) is 5.02 Å². The van der Waals surface area contributed by atoms with E-state index in [9.17, 15) is 9.18 Å². The first-order valence-electron chi connectivity index (χ1n) is 14.6. The molecule has 2 aromatic carbocycles. The molecule has 0 bridgehead atoms. The molecule has 0 radical (unpaired) electrons. The van der Waals surface area contributed by atoms with Crippen molar-refractivity contribution in [3.05, 3.63) is 77.1 Å². The number of nitrogens with one attached hydrogen (secondary N) is 1. The van der Waals surface area contributed by atoms with Gasteiger partial charge in [0.15, 0.2) is 0 Å². The van der Waals surface area contributed by atoms with E-state index in [4.69, 9.17) is 21.1 Å². The summed E-state index contributed by atoms with van der Waals surface area (Å²) in [6, 6.07) is 17.4. The van der Waals surface area contributed by atoms with Crippen LogP contribution in [0.5, 0.6) is 17.4 Å². The van der Waals surface area contributed by atoms with Gasteiger partial charge in [0.25, 0.3) is 0 Å². The highest BCUT2D eigenvalue weighted by molar-refractivity contribution is 6.32. The van der Waals surface area contributed by atoms with Crippen molar-refractivity contribution in [3.63, 3.8) is 0 Å². The van der Waals surface area contributed by atoms with E-state index in [0.29, 0.717) is 35.7 Å². The fourth-order valence-corrected chi connectivity index (χ4v) is 5.86. The molecule has 1 saturated carbocycles. The molecule has 3 aliphatic rings. The van der Waals surface area contributed by atoms with Crippen LogP contribution in [0.3, 0.4) is 0 Å². The zero-order valence-corrected chi connectivity index (χ0v) is 23.9. The fraction of sp³-hybridized carbons (Fsp3) is 0.438. The van der Waals surface area contributed by atoms with E-state index in [1.54, 1.807) is 18.2 Å². The number of ether oxygens (including phenoxy) is 2. The Hall–Kier alpha value is -3.36. The molecule has 6 rings (SSSR count). The highest BCUT2D eigenvalue weighted by Crippen LogP contribution is 2.33. The molecule has 3 fully saturated rings. The SMILES string of the molecule is O=C(NC(Cc1ccc(OC2CC2)c(Cl)c1)CN1CCCC1)C1CCN(c2cccc(Oc3ccc(F)cc3)n2)C1. The largest absolute Gasteiger partial charge is 0.489 e. The number of anilines is 1. The zero-order valence-electron chi connectivity index (χ0n) is 23.1. The molecule has 2 aliphatic heterocycles. The number of benzene rings is 2. The molecule has 7 nitrogen and oxygen atoms in total. The van der Waals surface area contributed by atoms with E-state index >= 15 is 0 Å². The molecule has 1 N–H and O–H groups in total. The van der Waals surface area contributed by atoms with Crippen LogP contribution in [0.1, 0.15) is 37.7 Å². The Morgan fingerprint density at radius 3 is 2.61 bits per heavy atom. The summed E-state index contributed by atoms with van der Waals surface area (Å²) in [6.07, 6.45) is 6.35. The quantitative estimate of drug-likeness (QED) is 0.308. The summed E-state index contributed by atoms with van der Waals surface area (Å²) in [7, 11) is 0. The minimum absolute atomic E-state index is 0.00789. The van der Waals surface area contributed by atoms with Crippen molar-refractivity contribution in [1.29, 1.82) is 0 Å². The number of carbonyl (C=O) groups excluding carboxylic acids is 1. The van der Waals surface area contributed by atoms with Crippen LogP contribution in [-0.4, -0.2) is 60.7 Å². The van der Waals surface area contributed by atoms with Crippen LogP contribution in [-0.2, 0) is 11.2 Å². The summed E-state index contributed by atoms with van der Waals surface area (Å²) in [4.78, 5) is 22.7. The van der Waals surface area contributed by atoms with Crippen LogP contribution in [0.15, 0.2) is 60.7 Å². The second-order valence-electron chi connectivity index (χ2n) is 11.3. The van der Waals surface area contributed by atoms with Gasteiger partial charge in [-0.25, -0.2) is 4.39 Å². The molecule has 1 aliphatic carbocycles. The fourth-order valence-electron chi connectivity index (χ4n) is 5.62. The van der Waals surface area contributed by atoms with Crippen LogP contribution in [0.4, 0.5) is 10.2 Å². The van der Waals surface area contributed by atoms with Gasteiger partial charge in [0.1, 0.15) is 23.1 Å². The number of amides is 1.